The molecule has 1 aliphatic heterocycles. The average Bonchev–Trinajstić information content (AvgIpc) is 3.04. The molecule has 1 amide bonds. The molecular formula is C16H20N2O2. The van der Waals surface area contributed by atoms with E-state index >= 15 is 0 Å². The fourth-order valence-electron chi connectivity index (χ4n) is 2.90. The third-order valence-electron chi connectivity index (χ3n) is 4.25. The molecule has 1 unspecified atom stereocenters. The smallest absolute Gasteiger partial charge is 0.289 e. The third kappa shape index (κ3) is 2.10. The maximum absolute atomic E-state index is 12.5. The van der Waals surface area contributed by atoms with Gasteiger partial charge in [0.25, 0.3) is 5.91 Å². The van der Waals surface area contributed by atoms with Crippen molar-refractivity contribution in [3.8, 4) is 0 Å². The third-order valence-corrected chi connectivity index (χ3v) is 4.25. The van der Waals surface area contributed by atoms with Gasteiger partial charge >= 0.3 is 0 Å². The number of nitrogens with two attached hydrogens (primary N) is 1. The first-order valence-electron chi connectivity index (χ1n) is 7.12. The Morgan fingerprint density at radius 1 is 1.35 bits per heavy atom. The molecule has 1 saturated heterocycles. The number of hydrogen-bond acceptors (Lipinski definition) is 3. The Bertz CT molecular complexity index is 621. The van der Waals surface area contributed by atoms with Crippen molar-refractivity contribution in [2.24, 2.45) is 5.73 Å². The Kier molecular flexibility index (Phi) is 3.26. The number of furan rings is 1. The van der Waals surface area contributed by atoms with E-state index in [0.717, 1.165) is 30.4 Å². The summed E-state index contributed by atoms with van der Waals surface area (Å²) in [6.07, 6.45) is 2.01. The standard InChI is InChI=1S/C16H20N2O2/c1-10-6-12-8-15(20-14(12)7-11(10)2)16(19)18-5-3-4-13(18)9-17/h6-8,13H,3-5,9,17H2,1-2H3. The summed E-state index contributed by atoms with van der Waals surface area (Å²) >= 11 is 0. The van der Waals surface area contributed by atoms with E-state index < -0.39 is 0 Å². The molecule has 2 N–H and O–H groups in total. The highest BCUT2D eigenvalue weighted by molar-refractivity contribution is 5.96. The molecule has 3 rings (SSSR count). The van der Waals surface area contributed by atoms with Crippen LogP contribution in [0.2, 0.25) is 0 Å². The van der Waals surface area contributed by atoms with Crippen LogP contribution in [-0.4, -0.2) is 29.9 Å². The molecule has 1 aromatic heterocycles. The van der Waals surface area contributed by atoms with Crippen LogP contribution in [0.1, 0.15) is 34.5 Å². The Balaban J connectivity index is 1.96. The summed E-state index contributed by atoms with van der Waals surface area (Å²) in [5.41, 5.74) is 8.89. The lowest BCUT2D eigenvalue weighted by Crippen LogP contribution is -2.39. The molecule has 4 nitrogen and oxygen atoms in total. The quantitative estimate of drug-likeness (QED) is 0.914. The second kappa shape index (κ2) is 4.94. The predicted molar refractivity (Wildman–Crippen MR) is 78.8 cm³/mol. The lowest BCUT2D eigenvalue weighted by molar-refractivity contribution is 0.0711. The molecule has 1 aliphatic rings. The number of amides is 1. The van der Waals surface area contributed by atoms with Crippen LogP contribution in [0.15, 0.2) is 22.6 Å². The molecule has 20 heavy (non-hydrogen) atoms. The van der Waals surface area contributed by atoms with E-state index in [-0.39, 0.29) is 11.9 Å². The SMILES string of the molecule is Cc1cc2cc(C(=O)N3CCCC3CN)oc2cc1C. The van der Waals surface area contributed by atoms with Crippen LogP contribution >= 0.6 is 0 Å². The first-order valence-corrected chi connectivity index (χ1v) is 7.12. The van der Waals surface area contributed by atoms with E-state index in [1.807, 2.05) is 24.0 Å². The van der Waals surface area contributed by atoms with Crippen molar-refractivity contribution in [3.63, 3.8) is 0 Å². The van der Waals surface area contributed by atoms with Crippen LogP contribution in [0.3, 0.4) is 0 Å². The summed E-state index contributed by atoms with van der Waals surface area (Å²) in [5, 5.41) is 0.986. The summed E-state index contributed by atoms with van der Waals surface area (Å²) in [6.45, 7) is 5.40. The van der Waals surface area contributed by atoms with E-state index in [0.29, 0.717) is 12.3 Å². The second-order valence-electron chi connectivity index (χ2n) is 5.62. The van der Waals surface area contributed by atoms with Crippen molar-refractivity contribution in [1.29, 1.82) is 0 Å². The van der Waals surface area contributed by atoms with Crippen LogP contribution in [0.25, 0.3) is 11.0 Å². The minimum absolute atomic E-state index is 0.0375. The monoisotopic (exact) mass is 272 g/mol. The van der Waals surface area contributed by atoms with E-state index in [1.54, 1.807) is 0 Å². The van der Waals surface area contributed by atoms with Gasteiger partial charge in [0.15, 0.2) is 5.76 Å². The maximum Gasteiger partial charge on any atom is 0.289 e. The van der Waals surface area contributed by atoms with Gasteiger partial charge in [0, 0.05) is 24.5 Å². The average molecular weight is 272 g/mol. The van der Waals surface area contributed by atoms with Crippen molar-refractivity contribution in [1.82, 2.24) is 4.90 Å². The highest BCUT2D eigenvalue weighted by Gasteiger charge is 2.30. The van der Waals surface area contributed by atoms with Crippen LogP contribution < -0.4 is 5.73 Å². The van der Waals surface area contributed by atoms with Crippen LogP contribution in [0, 0.1) is 13.8 Å². The fraction of sp³-hybridized carbons (Fsp3) is 0.438. The van der Waals surface area contributed by atoms with Crippen LogP contribution in [0.5, 0.6) is 0 Å². The maximum atomic E-state index is 12.5. The fourth-order valence-corrected chi connectivity index (χ4v) is 2.90. The molecule has 1 fully saturated rings. The molecule has 4 heteroatoms. The Hall–Kier alpha value is -1.81. The molecule has 2 heterocycles. The molecule has 0 saturated carbocycles. The number of fused-ring (bicyclic) bond motifs is 1. The van der Waals surface area contributed by atoms with Gasteiger partial charge in [-0.05, 0) is 56.0 Å². The van der Waals surface area contributed by atoms with Gasteiger partial charge in [-0.1, -0.05) is 0 Å². The van der Waals surface area contributed by atoms with Crippen LogP contribution in [-0.2, 0) is 0 Å². The number of likely N-dealkylation sites (tertiary alicyclic amines) is 1. The van der Waals surface area contributed by atoms with Crippen molar-refractivity contribution < 1.29 is 9.21 Å². The lowest BCUT2D eigenvalue weighted by Gasteiger charge is -2.22. The Morgan fingerprint density at radius 3 is 2.85 bits per heavy atom. The predicted octanol–water partition coefficient (Wildman–Crippen LogP) is 2.61. The van der Waals surface area contributed by atoms with Crippen LogP contribution in [0.4, 0.5) is 0 Å². The molecular weight excluding hydrogens is 252 g/mol. The number of carbonyl (C=O) groups is 1. The Labute approximate surface area is 118 Å². The number of benzene rings is 1. The lowest BCUT2D eigenvalue weighted by atomic mass is 10.1. The van der Waals surface area contributed by atoms with Gasteiger partial charge in [-0.25, -0.2) is 0 Å². The van der Waals surface area contributed by atoms with Gasteiger partial charge < -0.3 is 15.1 Å². The number of carbonyl (C=O) groups excluding carboxylic acids is 1. The number of aryl methyl sites for hydroxylation is 2. The molecule has 1 atom stereocenters. The van der Waals surface area contributed by atoms with Crippen molar-refractivity contribution >= 4 is 16.9 Å². The summed E-state index contributed by atoms with van der Waals surface area (Å²) in [4.78, 5) is 14.4. The number of hydrogen-bond donors (Lipinski definition) is 1. The minimum atomic E-state index is -0.0375. The van der Waals surface area contributed by atoms with Crippen molar-refractivity contribution in [2.75, 3.05) is 13.1 Å². The van der Waals surface area contributed by atoms with Gasteiger partial charge in [0.2, 0.25) is 0 Å². The highest BCUT2D eigenvalue weighted by atomic mass is 16.3. The molecule has 0 spiro atoms. The topological polar surface area (TPSA) is 59.5 Å². The molecule has 2 aromatic rings. The van der Waals surface area contributed by atoms with Gasteiger partial charge in [-0.3, -0.25) is 4.79 Å². The molecule has 0 bridgehead atoms. The zero-order valence-electron chi connectivity index (χ0n) is 12.0. The molecule has 0 radical (unpaired) electrons. The van der Waals surface area contributed by atoms with Crippen molar-refractivity contribution in [2.45, 2.75) is 32.7 Å². The zero-order chi connectivity index (χ0) is 14.3. The largest absolute Gasteiger partial charge is 0.451 e. The summed E-state index contributed by atoms with van der Waals surface area (Å²) in [7, 11) is 0. The second-order valence-corrected chi connectivity index (χ2v) is 5.62. The number of nitrogens with zero attached hydrogens (tertiary/aromatic N) is 1. The first-order chi connectivity index (χ1) is 9.60. The number of rotatable bonds is 2. The van der Waals surface area contributed by atoms with E-state index in [9.17, 15) is 4.79 Å². The van der Waals surface area contributed by atoms with E-state index in [4.69, 9.17) is 10.2 Å². The first kappa shape index (κ1) is 13.2. The summed E-state index contributed by atoms with van der Waals surface area (Å²) in [6, 6.07) is 6.05. The van der Waals surface area contributed by atoms with Gasteiger partial charge in [0.1, 0.15) is 5.58 Å². The highest BCUT2D eigenvalue weighted by Crippen LogP contribution is 2.26. The molecule has 1 aromatic carbocycles. The molecule has 106 valence electrons. The van der Waals surface area contributed by atoms with Gasteiger partial charge in [-0.2, -0.15) is 0 Å². The van der Waals surface area contributed by atoms with E-state index in [1.165, 1.54) is 11.1 Å². The zero-order valence-corrected chi connectivity index (χ0v) is 12.0. The Morgan fingerprint density at radius 2 is 2.10 bits per heavy atom. The minimum Gasteiger partial charge on any atom is -0.451 e. The van der Waals surface area contributed by atoms with Gasteiger partial charge in [0.05, 0.1) is 0 Å². The summed E-state index contributed by atoms with van der Waals surface area (Å²) < 4.78 is 5.74. The molecule has 0 aliphatic carbocycles. The summed E-state index contributed by atoms with van der Waals surface area (Å²) in [5.74, 6) is 0.384. The normalized spacial score (nSPS) is 18.9. The van der Waals surface area contributed by atoms with E-state index in [2.05, 4.69) is 13.0 Å². The van der Waals surface area contributed by atoms with Crippen molar-refractivity contribution in [3.05, 3.63) is 35.1 Å². The van der Waals surface area contributed by atoms with Gasteiger partial charge in [-0.15, -0.1) is 0 Å².